The lowest BCUT2D eigenvalue weighted by Gasteiger charge is -2.13. The molecule has 0 unspecified atom stereocenters. The van der Waals surface area contributed by atoms with Crippen molar-refractivity contribution in [2.45, 2.75) is 25.7 Å². The third-order valence-electron chi connectivity index (χ3n) is 3.56. The normalized spacial score (nSPS) is 16.1. The predicted octanol–water partition coefficient (Wildman–Crippen LogP) is 4.27. The second-order valence-electron chi connectivity index (χ2n) is 5.24. The van der Waals surface area contributed by atoms with Crippen LogP contribution >= 0.6 is 35.6 Å². The van der Waals surface area contributed by atoms with Gasteiger partial charge in [0.25, 0.3) is 5.91 Å². The second kappa shape index (κ2) is 9.20. The maximum Gasteiger partial charge on any atom is 0.305 e. The number of esters is 1. The average molecular weight is 384 g/mol. The first-order chi connectivity index (χ1) is 11.5. The Balaban J connectivity index is 1.90. The third-order valence-corrected chi connectivity index (χ3v) is 5.28. The van der Waals surface area contributed by atoms with Crippen LogP contribution in [-0.4, -0.2) is 34.8 Å². The number of amides is 1. The van der Waals surface area contributed by atoms with E-state index < -0.39 is 0 Å². The minimum atomic E-state index is -0.205. The smallest absolute Gasteiger partial charge is 0.305 e. The van der Waals surface area contributed by atoms with Gasteiger partial charge in [0.1, 0.15) is 4.32 Å². The van der Waals surface area contributed by atoms with Crippen LogP contribution in [0, 0.1) is 0 Å². The van der Waals surface area contributed by atoms with Crippen LogP contribution in [-0.2, 0) is 14.3 Å². The summed E-state index contributed by atoms with van der Waals surface area (Å²) in [5.74, 6) is -0.291. The molecule has 1 aliphatic heterocycles. The van der Waals surface area contributed by atoms with Crippen molar-refractivity contribution < 1.29 is 14.3 Å². The number of unbranched alkanes of at least 4 members (excludes halogenated alkanes) is 2. The number of methoxy groups -OCH3 is 1. The number of nitrogens with zero attached hydrogens (tertiary/aromatic N) is 1. The highest BCUT2D eigenvalue weighted by atomic mass is 35.5. The number of thioether (sulfide) groups is 1. The molecule has 1 aromatic rings. The van der Waals surface area contributed by atoms with Crippen molar-refractivity contribution in [1.82, 2.24) is 4.90 Å². The maximum absolute atomic E-state index is 12.5. The molecule has 0 bridgehead atoms. The Bertz CT molecular complexity index is 676. The summed E-state index contributed by atoms with van der Waals surface area (Å²) in [5, 5.41) is 0.602. The lowest BCUT2D eigenvalue weighted by molar-refractivity contribution is -0.140. The minimum Gasteiger partial charge on any atom is -0.469 e. The van der Waals surface area contributed by atoms with Crippen molar-refractivity contribution in [3.05, 3.63) is 39.8 Å². The Kier molecular flexibility index (Phi) is 7.27. The first-order valence-corrected chi connectivity index (χ1v) is 9.20. The number of hydrogen-bond acceptors (Lipinski definition) is 5. The molecule has 0 spiro atoms. The average Bonchev–Trinajstić information content (AvgIpc) is 2.83. The Labute approximate surface area is 156 Å². The van der Waals surface area contributed by atoms with Crippen LogP contribution < -0.4 is 0 Å². The Morgan fingerprint density at radius 2 is 2.08 bits per heavy atom. The highest BCUT2D eigenvalue weighted by Crippen LogP contribution is 2.33. The summed E-state index contributed by atoms with van der Waals surface area (Å²) in [7, 11) is 1.38. The molecule has 24 heavy (non-hydrogen) atoms. The van der Waals surface area contributed by atoms with Crippen molar-refractivity contribution in [1.29, 1.82) is 0 Å². The Morgan fingerprint density at radius 3 is 2.79 bits per heavy atom. The van der Waals surface area contributed by atoms with E-state index in [4.69, 9.17) is 23.8 Å². The molecule has 1 saturated heterocycles. The molecule has 1 fully saturated rings. The SMILES string of the molecule is COC(=O)CCCCCN1C(=O)/C(=C\c2ccccc2Cl)SC1=S. The number of thiocarbonyl (C=S) groups is 1. The highest BCUT2D eigenvalue weighted by molar-refractivity contribution is 8.26. The zero-order valence-electron chi connectivity index (χ0n) is 13.3. The lowest BCUT2D eigenvalue weighted by atomic mass is 10.2. The van der Waals surface area contributed by atoms with Gasteiger partial charge in [0, 0.05) is 18.0 Å². The number of halogens is 1. The fourth-order valence-corrected chi connectivity index (χ4v) is 3.73. The molecule has 1 amide bonds. The number of ether oxygens (including phenoxy) is 1. The van der Waals surface area contributed by atoms with E-state index >= 15 is 0 Å². The Hall–Kier alpha value is -1.37. The van der Waals surface area contributed by atoms with Crippen LogP contribution in [0.2, 0.25) is 5.02 Å². The van der Waals surface area contributed by atoms with Crippen LogP contribution in [0.25, 0.3) is 6.08 Å². The third kappa shape index (κ3) is 5.06. The fraction of sp³-hybridized carbons (Fsp3) is 0.353. The molecule has 0 radical (unpaired) electrons. The van der Waals surface area contributed by atoms with Crippen molar-refractivity contribution >= 4 is 57.9 Å². The summed E-state index contributed by atoms with van der Waals surface area (Å²) in [5.41, 5.74) is 0.803. The summed E-state index contributed by atoms with van der Waals surface area (Å²) < 4.78 is 5.16. The van der Waals surface area contributed by atoms with E-state index in [1.807, 2.05) is 18.2 Å². The van der Waals surface area contributed by atoms with Gasteiger partial charge < -0.3 is 4.74 Å². The number of carbonyl (C=O) groups is 2. The van der Waals surface area contributed by atoms with E-state index in [-0.39, 0.29) is 11.9 Å². The van der Waals surface area contributed by atoms with E-state index in [0.29, 0.717) is 27.2 Å². The summed E-state index contributed by atoms with van der Waals surface area (Å²) in [6.45, 7) is 0.561. The first-order valence-electron chi connectivity index (χ1n) is 7.59. The quantitative estimate of drug-likeness (QED) is 0.304. The number of hydrogen-bond donors (Lipinski definition) is 0. The van der Waals surface area contributed by atoms with Crippen LogP contribution in [0.5, 0.6) is 0 Å². The molecule has 1 aromatic carbocycles. The molecule has 0 saturated carbocycles. The van der Waals surface area contributed by atoms with Crippen molar-refractivity contribution in [2.24, 2.45) is 0 Å². The standard InChI is InChI=1S/C17H18ClNO3S2/c1-22-15(20)9-3-2-6-10-19-16(21)14(24-17(19)23)11-12-7-4-5-8-13(12)18/h4-5,7-8,11H,2-3,6,9-10H2,1H3/b14-11+. The van der Waals surface area contributed by atoms with Gasteiger partial charge in [-0.25, -0.2) is 0 Å². The molecule has 0 aromatic heterocycles. The molecule has 128 valence electrons. The van der Waals surface area contributed by atoms with Gasteiger partial charge in [0.15, 0.2) is 0 Å². The topological polar surface area (TPSA) is 46.6 Å². The van der Waals surface area contributed by atoms with Crippen LogP contribution in [0.15, 0.2) is 29.2 Å². The number of benzene rings is 1. The molecule has 0 N–H and O–H groups in total. The molecule has 7 heteroatoms. The van der Waals surface area contributed by atoms with Gasteiger partial charge in [-0.3, -0.25) is 14.5 Å². The molecule has 0 atom stereocenters. The van der Waals surface area contributed by atoms with E-state index in [1.54, 1.807) is 17.0 Å². The lowest BCUT2D eigenvalue weighted by Crippen LogP contribution is -2.29. The van der Waals surface area contributed by atoms with Crippen LogP contribution in [0.1, 0.15) is 31.2 Å². The van der Waals surface area contributed by atoms with Crippen molar-refractivity contribution in [3.63, 3.8) is 0 Å². The second-order valence-corrected chi connectivity index (χ2v) is 7.32. The van der Waals surface area contributed by atoms with E-state index in [0.717, 1.165) is 24.8 Å². The summed E-state index contributed by atoms with van der Waals surface area (Å²) in [6, 6.07) is 7.37. The van der Waals surface area contributed by atoms with Crippen LogP contribution in [0.4, 0.5) is 0 Å². The summed E-state index contributed by atoms with van der Waals surface area (Å²) in [6.07, 6.45) is 4.57. The summed E-state index contributed by atoms with van der Waals surface area (Å²) in [4.78, 5) is 25.7. The van der Waals surface area contributed by atoms with E-state index in [1.165, 1.54) is 18.9 Å². The molecular formula is C17H18ClNO3S2. The number of rotatable bonds is 7. The van der Waals surface area contributed by atoms with Gasteiger partial charge >= 0.3 is 5.97 Å². The Morgan fingerprint density at radius 1 is 1.33 bits per heavy atom. The highest BCUT2D eigenvalue weighted by Gasteiger charge is 2.31. The van der Waals surface area contributed by atoms with Gasteiger partial charge in [-0.2, -0.15) is 0 Å². The van der Waals surface area contributed by atoms with E-state index in [2.05, 4.69) is 4.74 Å². The van der Waals surface area contributed by atoms with Crippen molar-refractivity contribution in [3.8, 4) is 0 Å². The molecule has 1 heterocycles. The zero-order chi connectivity index (χ0) is 17.5. The largest absolute Gasteiger partial charge is 0.469 e. The van der Waals surface area contributed by atoms with Gasteiger partial charge in [-0.1, -0.05) is 60.2 Å². The maximum atomic E-state index is 12.5. The molecule has 4 nitrogen and oxygen atoms in total. The zero-order valence-corrected chi connectivity index (χ0v) is 15.7. The van der Waals surface area contributed by atoms with Crippen molar-refractivity contribution in [2.75, 3.05) is 13.7 Å². The monoisotopic (exact) mass is 383 g/mol. The van der Waals surface area contributed by atoms with Gasteiger partial charge in [-0.05, 0) is 30.5 Å². The van der Waals surface area contributed by atoms with Gasteiger partial charge in [0.2, 0.25) is 0 Å². The molecule has 0 aliphatic carbocycles. The van der Waals surface area contributed by atoms with Crippen LogP contribution in [0.3, 0.4) is 0 Å². The van der Waals surface area contributed by atoms with Gasteiger partial charge in [0.05, 0.1) is 12.0 Å². The van der Waals surface area contributed by atoms with E-state index in [9.17, 15) is 9.59 Å². The first kappa shape index (κ1) is 19.0. The minimum absolute atomic E-state index is 0.0853. The predicted molar refractivity (Wildman–Crippen MR) is 102 cm³/mol. The fourth-order valence-electron chi connectivity index (χ4n) is 2.24. The molecular weight excluding hydrogens is 366 g/mol. The summed E-state index contributed by atoms with van der Waals surface area (Å²) >= 11 is 12.7. The number of carbonyl (C=O) groups excluding carboxylic acids is 2. The molecule has 2 rings (SSSR count). The van der Waals surface area contributed by atoms with Gasteiger partial charge in [-0.15, -0.1) is 0 Å². The molecule has 1 aliphatic rings.